The molecular formula is C24H31F3N4O2. The number of piperidine rings is 1. The highest BCUT2D eigenvalue weighted by atomic mass is 19.4. The molecule has 9 heteroatoms. The van der Waals surface area contributed by atoms with Gasteiger partial charge in [0, 0.05) is 37.8 Å². The summed E-state index contributed by atoms with van der Waals surface area (Å²) in [5.74, 6) is -0.226. The van der Waals surface area contributed by atoms with Crippen molar-refractivity contribution in [2.24, 2.45) is 10.8 Å². The molecule has 2 saturated heterocycles. The average Bonchev–Trinajstić information content (AvgIpc) is 3.16. The van der Waals surface area contributed by atoms with E-state index in [0.29, 0.717) is 51.0 Å². The first-order chi connectivity index (χ1) is 15.4. The fourth-order valence-corrected chi connectivity index (χ4v) is 4.87. The molecule has 1 aromatic rings. The summed E-state index contributed by atoms with van der Waals surface area (Å²) in [7, 11) is 1.56. The van der Waals surface area contributed by atoms with Crippen LogP contribution in [0.4, 0.5) is 18.9 Å². The van der Waals surface area contributed by atoms with Crippen molar-refractivity contribution >= 4 is 17.5 Å². The van der Waals surface area contributed by atoms with E-state index in [1.165, 1.54) is 6.07 Å². The molecule has 2 aliphatic heterocycles. The second kappa shape index (κ2) is 8.88. The highest BCUT2D eigenvalue weighted by Gasteiger charge is 2.51. The Balaban J connectivity index is 1.80. The number of nitriles is 1. The number of nitrogens with one attached hydrogen (secondary N) is 1. The second-order valence-corrected chi connectivity index (χ2v) is 9.83. The molecule has 1 atom stereocenters. The summed E-state index contributed by atoms with van der Waals surface area (Å²) in [4.78, 5) is 29.4. The number of carbonyl (C=O) groups is 2. The van der Waals surface area contributed by atoms with E-state index in [9.17, 15) is 22.8 Å². The van der Waals surface area contributed by atoms with Gasteiger partial charge < -0.3 is 15.1 Å². The number of halogens is 3. The summed E-state index contributed by atoms with van der Waals surface area (Å²) in [5.41, 5.74) is -1.71. The molecule has 0 radical (unpaired) electrons. The Kier molecular flexibility index (Phi) is 6.69. The molecule has 6 nitrogen and oxygen atoms in total. The largest absolute Gasteiger partial charge is 0.417 e. The molecule has 0 saturated carbocycles. The van der Waals surface area contributed by atoms with Crippen molar-refractivity contribution in [3.63, 3.8) is 0 Å². The Morgan fingerprint density at radius 2 is 1.88 bits per heavy atom. The first-order valence-electron chi connectivity index (χ1n) is 11.3. The van der Waals surface area contributed by atoms with Crippen LogP contribution in [0.2, 0.25) is 0 Å². The van der Waals surface area contributed by atoms with Gasteiger partial charge >= 0.3 is 6.18 Å². The Bertz CT molecular complexity index is 959. The maximum atomic E-state index is 13.4. The molecule has 1 spiro atoms. The van der Waals surface area contributed by atoms with E-state index in [2.05, 4.69) is 5.32 Å². The highest BCUT2D eigenvalue weighted by Crippen LogP contribution is 2.46. The minimum atomic E-state index is -4.60. The minimum Gasteiger partial charge on any atom is -0.371 e. The lowest BCUT2D eigenvalue weighted by atomic mass is 9.76. The highest BCUT2D eigenvalue weighted by molar-refractivity contribution is 5.90. The van der Waals surface area contributed by atoms with Crippen LogP contribution in [0.15, 0.2) is 18.2 Å². The fraction of sp³-hybridized carbons (Fsp3) is 0.625. The van der Waals surface area contributed by atoms with E-state index in [1.807, 2.05) is 25.7 Å². The maximum Gasteiger partial charge on any atom is 0.417 e. The fourth-order valence-electron chi connectivity index (χ4n) is 4.87. The molecule has 1 unspecified atom stereocenters. The van der Waals surface area contributed by atoms with Gasteiger partial charge in [0.15, 0.2) is 0 Å². The number of nitrogens with zero attached hydrogens (tertiary/aromatic N) is 3. The molecule has 33 heavy (non-hydrogen) atoms. The monoisotopic (exact) mass is 464 g/mol. The van der Waals surface area contributed by atoms with Crippen LogP contribution in [0.5, 0.6) is 0 Å². The number of hydrogen-bond acceptors (Lipinski definition) is 4. The van der Waals surface area contributed by atoms with Crippen molar-refractivity contribution < 1.29 is 22.8 Å². The summed E-state index contributed by atoms with van der Waals surface area (Å²) in [6, 6.07) is 4.88. The Morgan fingerprint density at radius 3 is 2.39 bits per heavy atom. The predicted octanol–water partition coefficient (Wildman–Crippen LogP) is 3.95. The number of rotatable bonds is 4. The number of alkyl halides is 3. The summed E-state index contributed by atoms with van der Waals surface area (Å²) in [6.07, 6.45) is -2.06. The SMILES string of the molecule is CCC(C)(C)C(=O)N1CC2(CCN(c3ccc(C#N)c(C(F)(F)F)c3)CC2)CC1C(=O)NC. The van der Waals surface area contributed by atoms with Crippen LogP contribution < -0.4 is 10.2 Å². The number of likely N-dealkylation sites (N-methyl/N-ethyl adjacent to an activating group) is 1. The van der Waals surface area contributed by atoms with Crippen molar-refractivity contribution in [3.8, 4) is 6.07 Å². The molecule has 2 amide bonds. The maximum absolute atomic E-state index is 13.4. The molecule has 1 aromatic carbocycles. The zero-order valence-electron chi connectivity index (χ0n) is 19.6. The zero-order chi connectivity index (χ0) is 24.6. The number of hydrogen-bond donors (Lipinski definition) is 1. The molecule has 3 rings (SSSR count). The van der Waals surface area contributed by atoms with E-state index in [0.717, 1.165) is 6.07 Å². The normalized spacial score (nSPS) is 20.6. The van der Waals surface area contributed by atoms with Gasteiger partial charge in [-0.15, -0.1) is 0 Å². The van der Waals surface area contributed by atoms with E-state index >= 15 is 0 Å². The van der Waals surface area contributed by atoms with E-state index in [1.54, 1.807) is 24.1 Å². The molecule has 0 aliphatic carbocycles. The van der Waals surface area contributed by atoms with Crippen molar-refractivity contribution in [3.05, 3.63) is 29.3 Å². The predicted molar refractivity (Wildman–Crippen MR) is 118 cm³/mol. The number of amides is 2. The van der Waals surface area contributed by atoms with Gasteiger partial charge in [0.2, 0.25) is 11.8 Å². The Hall–Kier alpha value is -2.76. The zero-order valence-corrected chi connectivity index (χ0v) is 19.6. The van der Waals surface area contributed by atoms with Crippen LogP contribution in [0.1, 0.15) is 57.6 Å². The Labute approximate surface area is 192 Å². The lowest BCUT2D eigenvalue weighted by molar-refractivity contribution is -0.145. The standard InChI is InChI=1S/C24H31F3N4O2/c1-5-22(2,3)21(33)31-15-23(13-19(31)20(32)29-4)8-10-30(11-9-23)17-7-6-16(14-28)18(12-17)24(25,26)27/h6-7,12,19H,5,8-11,13,15H2,1-4H3,(H,29,32). The van der Waals surface area contributed by atoms with Crippen LogP contribution in [0, 0.1) is 22.2 Å². The topological polar surface area (TPSA) is 76.4 Å². The quantitative estimate of drug-likeness (QED) is 0.732. The smallest absolute Gasteiger partial charge is 0.371 e. The number of anilines is 1. The number of benzene rings is 1. The summed E-state index contributed by atoms with van der Waals surface area (Å²) in [6.45, 7) is 7.22. The molecule has 1 N–H and O–H groups in total. The van der Waals surface area contributed by atoms with Gasteiger partial charge in [-0.3, -0.25) is 9.59 Å². The summed E-state index contributed by atoms with van der Waals surface area (Å²) >= 11 is 0. The third-order valence-corrected chi connectivity index (χ3v) is 7.40. The molecular weight excluding hydrogens is 433 g/mol. The van der Waals surface area contributed by atoms with Crippen LogP contribution in [0.3, 0.4) is 0 Å². The van der Waals surface area contributed by atoms with Crippen molar-refractivity contribution in [1.82, 2.24) is 10.2 Å². The molecule has 2 heterocycles. The lowest BCUT2D eigenvalue weighted by Gasteiger charge is -2.40. The summed E-state index contributed by atoms with van der Waals surface area (Å²) in [5, 5.41) is 11.7. The van der Waals surface area contributed by atoms with Gasteiger partial charge in [-0.1, -0.05) is 20.8 Å². The Morgan fingerprint density at radius 1 is 1.24 bits per heavy atom. The summed E-state index contributed by atoms with van der Waals surface area (Å²) < 4.78 is 40.1. The van der Waals surface area contributed by atoms with E-state index < -0.39 is 28.8 Å². The first kappa shape index (κ1) is 24.9. The molecule has 2 fully saturated rings. The number of likely N-dealkylation sites (tertiary alicyclic amines) is 1. The molecule has 0 aromatic heterocycles. The number of carbonyl (C=O) groups excluding carboxylic acids is 2. The van der Waals surface area contributed by atoms with Crippen LogP contribution in [-0.2, 0) is 15.8 Å². The van der Waals surface area contributed by atoms with Crippen molar-refractivity contribution in [2.75, 3.05) is 31.6 Å². The third kappa shape index (κ3) is 4.80. The van der Waals surface area contributed by atoms with Gasteiger partial charge in [-0.25, -0.2) is 0 Å². The second-order valence-electron chi connectivity index (χ2n) is 9.83. The average molecular weight is 465 g/mol. The van der Waals surface area contributed by atoms with Crippen LogP contribution in [0.25, 0.3) is 0 Å². The van der Waals surface area contributed by atoms with Gasteiger partial charge in [0.25, 0.3) is 0 Å². The molecule has 2 aliphatic rings. The molecule has 0 bridgehead atoms. The van der Waals surface area contributed by atoms with Crippen LogP contribution in [-0.4, -0.2) is 49.4 Å². The van der Waals surface area contributed by atoms with Crippen molar-refractivity contribution in [2.45, 2.75) is 58.7 Å². The van der Waals surface area contributed by atoms with E-state index in [4.69, 9.17) is 5.26 Å². The molecule has 180 valence electrons. The van der Waals surface area contributed by atoms with Gasteiger partial charge in [0.05, 0.1) is 17.2 Å². The van der Waals surface area contributed by atoms with Gasteiger partial charge in [-0.05, 0) is 49.3 Å². The minimum absolute atomic E-state index is 0.0418. The van der Waals surface area contributed by atoms with Crippen molar-refractivity contribution in [1.29, 1.82) is 5.26 Å². The van der Waals surface area contributed by atoms with Gasteiger partial charge in [0.1, 0.15) is 6.04 Å². The van der Waals surface area contributed by atoms with E-state index in [-0.39, 0.29) is 17.2 Å². The third-order valence-electron chi connectivity index (χ3n) is 7.40. The lowest BCUT2D eigenvalue weighted by Crippen LogP contribution is -2.49. The van der Waals surface area contributed by atoms with Crippen LogP contribution >= 0.6 is 0 Å². The van der Waals surface area contributed by atoms with Gasteiger partial charge in [-0.2, -0.15) is 18.4 Å². The first-order valence-corrected chi connectivity index (χ1v) is 11.3.